The summed E-state index contributed by atoms with van der Waals surface area (Å²) in [5.74, 6) is 1.50. The number of nitriles is 1. The molecule has 0 spiro atoms. The van der Waals surface area contributed by atoms with E-state index in [0.29, 0.717) is 42.3 Å². The lowest BCUT2D eigenvalue weighted by atomic mass is 10.1. The number of rotatable bonds is 7. The summed E-state index contributed by atoms with van der Waals surface area (Å²) >= 11 is 5.79. The summed E-state index contributed by atoms with van der Waals surface area (Å²) in [7, 11) is 0. The molecule has 0 aromatic carbocycles. The minimum atomic E-state index is -1.15. The van der Waals surface area contributed by atoms with E-state index in [2.05, 4.69) is 31.7 Å². The standard InChI is InChI=1S/C24H21ClN8O4/c1-2-36-16-7-17(23-15(8-26)10-28-33(23)11-16)14-3-5-21(27-9-14)32-12-18(29-24(34)35)19(13-32)37-22-6-4-20(25)30-31-22/h3-7,9-11,18-19,29H,2,12-13H2,1H3,(H,34,35)/t18-,19-/m1/s1. The van der Waals surface area contributed by atoms with Crippen LogP contribution in [0.1, 0.15) is 12.5 Å². The van der Waals surface area contributed by atoms with Gasteiger partial charge >= 0.3 is 6.09 Å². The molecule has 37 heavy (non-hydrogen) atoms. The Morgan fingerprint density at radius 2 is 2.14 bits per heavy atom. The fourth-order valence-electron chi connectivity index (χ4n) is 4.28. The molecule has 12 nitrogen and oxygen atoms in total. The lowest BCUT2D eigenvalue weighted by molar-refractivity contribution is 0.158. The van der Waals surface area contributed by atoms with Gasteiger partial charge in [0.15, 0.2) is 5.15 Å². The van der Waals surface area contributed by atoms with Gasteiger partial charge in [-0.1, -0.05) is 11.6 Å². The van der Waals surface area contributed by atoms with Crippen LogP contribution in [0, 0.1) is 11.3 Å². The van der Waals surface area contributed by atoms with Gasteiger partial charge in [0.2, 0.25) is 5.88 Å². The van der Waals surface area contributed by atoms with Crippen LogP contribution in [0.15, 0.2) is 48.9 Å². The summed E-state index contributed by atoms with van der Waals surface area (Å²) in [6.45, 7) is 3.09. The second-order valence-corrected chi connectivity index (χ2v) is 8.59. The normalized spacial score (nSPS) is 16.9. The third-order valence-corrected chi connectivity index (χ3v) is 6.06. The van der Waals surface area contributed by atoms with Gasteiger partial charge < -0.3 is 24.8 Å². The first-order valence-electron chi connectivity index (χ1n) is 11.4. The Hall–Kier alpha value is -4.63. The van der Waals surface area contributed by atoms with Crippen LogP contribution in [-0.2, 0) is 0 Å². The van der Waals surface area contributed by atoms with Crippen molar-refractivity contribution in [1.29, 1.82) is 5.26 Å². The Balaban J connectivity index is 1.41. The number of anilines is 1. The van der Waals surface area contributed by atoms with Crippen LogP contribution >= 0.6 is 11.6 Å². The van der Waals surface area contributed by atoms with Gasteiger partial charge in [-0.05, 0) is 31.2 Å². The number of aromatic nitrogens is 5. The number of nitrogens with one attached hydrogen (secondary N) is 1. The SMILES string of the molecule is CCOc1cc(-c2ccc(N3C[C@@H](NC(=O)O)[C@H](Oc4ccc(Cl)nn4)C3)nc2)c2c(C#N)cnn2c1. The third kappa shape index (κ3) is 5.03. The van der Waals surface area contributed by atoms with E-state index in [0.717, 1.165) is 11.1 Å². The molecule has 1 amide bonds. The number of halogens is 1. The summed E-state index contributed by atoms with van der Waals surface area (Å²) in [6, 6.07) is 10.4. The van der Waals surface area contributed by atoms with Crippen molar-refractivity contribution in [1.82, 2.24) is 30.1 Å². The molecule has 1 aliphatic heterocycles. The Bertz CT molecular complexity index is 1470. The second-order valence-electron chi connectivity index (χ2n) is 8.20. The topological polar surface area (TPSA) is 151 Å². The summed E-state index contributed by atoms with van der Waals surface area (Å²) < 4.78 is 13.2. The van der Waals surface area contributed by atoms with Crippen molar-refractivity contribution in [3.63, 3.8) is 0 Å². The average Bonchev–Trinajstić information content (AvgIpc) is 3.49. The number of hydrogen-bond acceptors (Lipinski definition) is 9. The Kier molecular flexibility index (Phi) is 6.61. The first-order chi connectivity index (χ1) is 17.9. The van der Waals surface area contributed by atoms with Gasteiger partial charge in [0.05, 0.1) is 42.7 Å². The number of ether oxygens (including phenoxy) is 2. The summed E-state index contributed by atoms with van der Waals surface area (Å²) in [5, 5.41) is 33.5. The quantitative estimate of drug-likeness (QED) is 0.372. The van der Waals surface area contributed by atoms with Crippen LogP contribution in [0.5, 0.6) is 11.6 Å². The number of carboxylic acid groups (broad SMARTS) is 1. The maximum absolute atomic E-state index is 11.4. The molecule has 0 aliphatic carbocycles. The molecule has 1 saturated heterocycles. The van der Waals surface area contributed by atoms with Crippen LogP contribution in [0.2, 0.25) is 5.15 Å². The van der Waals surface area contributed by atoms with E-state index in [1.165, 1.54) is 6.20 Å². The van der Waals surface area contributed by atoms with E-state index in [1.807, 2.05) is 30.0 Å². The van der Waals surface area contributed by atoms with Crippen LogP contribution in [0.3, 0.4) is 0 Å². The maximum Gasteiger partial charge on any atom is 0.405 e. The first kappa shape index (κ1) is 24.1. The number of nitrogens with zero attached hydrogens (tertiary/aromatic N) is 7. The highest BCUT2D eigenvalue weighted by Gasteiger charge is 2.36. The van der Waals surface area contributed by atoms with Crippen LogP contribution in [-0.4, -0.2) is 67.8 Å². The van der Waals surface area contributed by atoms with E-state index < -0.39 is 18.2 Å². The Labute approximate surface area is 216 Å². The van der Waals surface area contributed by atoms with Crippen LogP contribution in [0.4, 0.5) is 10.6 Å². The number of pyridine rings is 2. The Morgan fingerprint density at radius 3 is 2.81 bits per heavy atom. The van der Waals surface area contributed by atoms with Crippen molar-refractivity contribution in [2.24, 2.45) is 0 Å². The molecule has 188 valence electrons. The number of fused-ring (bicyclic) bond motifs is 1. The zero-order chi connectivity index (χ0) is 25.9. The van der Waals surface area contributed by atoms with Crippen LogP contribution in [0.25, 0.3) is 16.6 Å². The van der Waals surface area contributed by atoms with Crippen LogP contribution < -0.4 is 19.7 Å². The molecule has 1 fully saturated rings. The van der Waals surface area contributed by atoms with Gasteiger partial charge in [-0.2, -0.15) is 10.4 Å². The zero-order valence-electron chi connectivity index (χ0n) is 19.6. The van der Waals surface area contributed by atoms with Gasteiger partial charge in [-0.3, -0.25) is 0 Å². The Morgan fingerprint density at radius 1 is 1.27 bits per heavy atom. The monoisotopic (exact) mass is 520 g/mol. The smallest absolute Gasteiger partial charge is 0.405 e. The fourth-order valence-corrected chi connectivity index (χ4v) is 4.38. The molecular weight excluding hydrogens is 500 g/mol. The van der Waals surface area contributed by atoms with E-state index >= 15 is 0 Å². The number of carbonyl (C=O) groups is 1. The van der Waals surface area contributed by atoms with Gasteiger partial charge in [-0.25, -0.2) is 14.3 Å². The lowest BCUT2D eigenvalue weighted by Crippen LogP contribution is -2.44. The molecule has 0 bridgehead atoms. The van der Waals surface area contributed by atoms with E-state index in [4.69, 9.17) is 21.1 Å². The van der Waals surface area contributed by atoms with E-state index in [9.17, 15) is 15.2 Å². The zero-order valence-corrected chi connectivity index (χ0v) is 20.3. The largest absolute Gasteiger partial charge is 0.492 e. The van der Waals surface area contributed by atoms with Crippen molar-refractivity contribution in [3.05, 3.63) is 59.6 Å². The molecule has 0 unspecified atom stereocenters. The minimum absolute atomic E-state index is 0.229. The van der Waals surface area contributed by atoms with Gasteiger partial charge in [0.1, 0.15) is 23.7 Å². The van der Waals surface area contributed by atoms with Crippen molar-refractivity contribution >= 4 is 29.0 Å². The average molecular weight is 521 g/mol. The van der Waals surface area contributed by atoms with Crippen molar-refractivity contribution in [2.45, 2.75) is 19.1 Å². The van der Waals surface area contributed by atoms with Gasteiger partial charge in [0.25, 0.3) is 0 Å². The maximum atomic E-state index is 11.4. The van der Waals surface area contributed by atoms with Crippen molar-refractivity contribution in [2.75, 3.05) is 24.6 Å². The lowest BCUT2D eigenvalue weighted by Gasteiger charge is -2.18. The summed E-state index contributed by atoms with van der Waals surface area (Å²) in [4.78, 5) is 17.9. The van der Waals surface area contributed by atoms with Crippen molar-refractivity contribution in [3.8, 4) is 28.8 Å². The highest BCUT2D eigenvalue weighted by molar-refractivity contribution is 6.29. The molecular formula is C24H21ClN8O4. The summed E-state index contributed by atoms with van der Waals surface area (Å²) in [6.07, 6.45) is 3.27. The molecule has 5 heterocycles. The highest BCUT2D eigenvalue weighted by atomic mass is 35.5. The molecule has 2 atom stereocenters. The molecule has 4 aromatic heterocycles. The fraction of sp³-hybridized carbons (Fsp3) is 0.250. The molecule has 13 heteroatoms. The predicted octanol–water partition coefficient (Wildman–Crippen LogP) is 3.01. The number of amides is 1. The molecule has 5 rings (SSSR count). The van der Waals surface area contributed by atoms with E-state index in [-0.39, 0.29) is 11.0 Å². The molecule has 0 saturated carbocycles. The second kappa shape index (κ2) is 10.2. The first-order valence-corrected chi connectivity index (χ1v) is 11.7. The van der Waals surface area contributed by atoms with Crippen molar-refractivity contribution < 1.29 is 19.4 Å². The molecule has 4 aromatic rings. The molecule has 1 aliphatic rings. The molecule has 0 radical (unpaired) electrons. The van der Waals surface area contributed by atoms with Gasteiger partial charge in [0, 0.05) is 29.9 Å². The highest BCUT2D eigenvalue weighted by Crippen LogP contribution is 2.32. The van der Waals surface area contributed by atoms with Gasteiger partial charge in [-0.15, -0.1) is 10.2 Å². The molecule has 2 N–H and O–H groups in total. The van der Waals surface area contributed by atoms with E-state index in [1.54, 1.807) is 29.0 Å². The minimum Gasteiger partial charge on any atom is -0.492 e. The predicted molar refractivity (Wildman–Crippen MR) is 133 cm³/mol. The number of hydrogen-bond donors (Lipinski definition) is 2. The summed E-state index contributed by atoms with van der Waals surface area (Å²) in [5.41, 5.74) is 2.63. The third-order valence-electron chi connectivity index (χ3n) is 5.86.